The molecule has 1 aromatic heterocycles. The number of aromatic nitrogens is 1. The number of hydrogen-bond donors (Lipinski definition) is 4. The van der Waals surface area contributed by atoms with Crippen molar-refractivity contribution in [2.45, 2.75) is 38.6 Å². The highest BCUT2D eigenvalue weighted by atomic mass is 32.1. The number of aliphatic carboxylic acids is 1. The van der Waals surface area contributed by atoms with Gasteiger partial charge in [-0.05, 0) is 37.5 Å². The second-order valence-corrected chi connectivity index (χ2v) is 7.00. The van der Waals surface area contributed by atoms with E-state index < -0.39 is 17.9 Å². The lowest BCUT2D eigenvalue weighted by Crippen LogP contribution is -2.41. The first-order valence-corrected chi connectivity index (χ1v) is 9.09. The molecule has 8 nitrogen and oxygen atoms in total. The maximum Gasteiger partial charge on any atom is 0.303 e. The maximum absolute atomic E-state index is 12.0. The van der Waals surface area contributed by atoms with Crippen LogP contribution in [0.25, 0.3) is 10.2 Å². The smallest absolute Gasteiger partial charge is 0.303 e. The van der Waals surface area contributed by atoms with Crippen LogP contribution in [0.1, 0.15) is 31.2 Å². The van der Waals surface area contributed by atoms with E-state index in [1.54, 1.807) is 0 Å². The van der Waals surface area contributed by atoms with Crippen LogP contribution >= 0.6 is 11.3 Å². The molecule has 2 rings (SSSR count). The van der Waals surface area contributed by atoms with Crippen molar-refractivity contribution in [3.8, 4) is 0 Å². The predicted molar refractivity (Wildman–Crippen MR) is 100 cm³/mol. The summed E-state index contributed by atoms with van der Waals surface area (Å²) >= 11 is 1.42. The van der Waals surface area contributed by atoms with Crippen LogP contribution in [0.5, 0.6) is 0 Å². The summed E-state index contributed by atoms with van der Waals surface area (Å²) in [7, 11) is 0. The van der Waals surface area contributed by atoms with E-state index in [2.05, 4.69) is 15.6 Å². The van der Waals surface area contributed by atoms with Gasteiger partial charge in [-0.2, -0.15) is 0 Å². The van der Waals surface area contributed by atoms with E-state index in [1.165, 1.54) is 11.3 Å². The Morgan fingerprint density at radius 1 is 1.31 bits per heavy atom. The van der Waals surface area contributed by atoms with Gasteiger partial charge in [0.05, 0.1) is 16.3 Å². The average molecular weight is 378 g/mol. The van der Waals surface area contributed by atoms with Gasteiger partial charge in [-0.25, -0.2) is 4.98 Å². The standard InChI is InChI=1S/C17H22N4O4S/c1-10-4-6-12-13(9-10)26-17(20-12)21-14(22)3-2-8-19-16(25)11(18)5-7-15(23)24/h4,6,9,11H,2-3,5,7-8,18H2,1H3,(H,19,25)(H,23,24)(H,20,21,22)/t11-/m0/s1. The van der Waals surface area contributed by atoms with Crippen LogP contribution in [0.4, 0.5) is 5.13 Å². The zero-order valence-corrected chi connectivity index (χ0v) is 15.3. The third-order valence-corrected chi connectivity index (χ3v) is 4.61. The largest absolute Gasteiger partial charge is 0.481 e. The van der Waals surface area contributed by atoms with Crippen LogP contribution in [0.2, 0.25) is 0 Å². The molecule has 9 heteroatoms. The Balaban J connectivity index is 1.69. The van der Waals surface area contributed by atoms with E-state index in [9.17, 15) is 14.4 Å². The third-order valence-electron chi connectivity index (χ3n) is 3.68. The number of carbonyl (C=O) groups excluding carboxylic acids is 2. The molecule has 0 radical (unpaired) electrons. The molecule has 0 bridgehead atoms. The molecule has 26 heavy (non-hydrogen) atoms. The Kier molecular flexibility index (Phi) is 7.05. The van der Waals surface area contributed by atoms with Gasteiger partial charge >= 0.3 is 5.97 Å². The van der Waals surface area contributed by atoms with Crippen molar-refractivity contribution < 1.29 is 19.5 Å². The molecule has 0 saturated heterocycles. The van der Waals surface area contributed by atoms with Gasteiger partial charge in [-0.15, -0.1) is 0 Å². The number of hydrogen-bond acceptors (Lipinski definition) is 6. The fourth-order valence-electron chi connectivity index (χ4n) is 2.27. The topological polar surface area (TPSA) is 134 Å². The van der Waals surface area contributed by atoms with Crippen molar-refractivity contribution in [2.75, 3.05) is 11.9 Å². The van der Waals surface area contributed by atoms with Crippen LogP contribution in [0, 0.1) is 6.92 Å². The molecule has 0 spiro atoms. The van der Waals surface area contributed by atoms with Gasteiger partial charge in [0.15, 0.2) is 5.13 Å². The van der Waals surface area contributed by atoms with Gasteiger partial charge in [-0.1, -0.05) is 17.4 Å². The SMILES string of the molecule is Cc1ccc2nc(NC(=O)CCCNC(=O)[C@@H](N)CCC(=O)O)sc2c1. The molecule has 0 aliphatic carbocycles. The first-order valence-electron chi connectivity index (χ1n) is 8.27. The van der Waals surface area contributed by atoms with E-state index in [-0.39, 0.29) is 25.2 Å². The summed E-state index contributed by atoms with van der Waals surface area (Å²) in [6.07, 6.45) is 0.615. The molecular formula is C17H22N4O4S. The molecule has 1 atom stereocenters. The number of nitrogens with two attached hydrogens (primary N) is 1. The molecule has 0 aliphatic heterocycles. The molecular weight excluding hydrogens is 356 g/mol. The lowest BCUT2D eigenvalue weighted by atomic mass is 10.1. The highest BCUT2D eigenvalue weighted by Gasteiger charge is 2.14. The summed E-state index contributed by atoms with van der Waals surface area (Å²) in [5, 5.41) is 14.5. The van der Waals surface area contributed by atoms with Gasteiger partial charge in [0, 0.05) is 19.4 Å². The normalized spacial score (nSPS) is 11.9. The van der Waals surface area contributed by atoms with Crippen molar-refractivity contribution in [1.29, 1.82) is 0 Å². The number of rotatable bonds is 9. The Labute approximate surface area is 154 Å². The average Bonchev–Trinajstić information content (AvgIpc) is 2.97. The van der Waals surface area contributed by atoms with E-state index in [0.29, 0.717) is 18.1 Å². The Hall–Kier alpha value is -2.52. The van der Waals surface area contributed by atoms with Crippen LogP contribution in [0.3, 0.4) is 0 Å². The van der Waals surface area contributed by atoms with Gasteiger partial charge in [-0.3, -0.25) is 14.4 Å². The van der Waals surface area contributed by atoms with Crippen molar-refractivity contribution >= 4 is 44.5 Å². The number of nitrogens with zero attached hydrogens (tertiary/aromatic N) is 1. The van der Waals surface area contributed by atoms with E-state index in [0.717, 1.165) is 15.8 Å². The Morgan fingerprint density at radius 2 is 2.08 bits per heavy atom. The monoisotopic (exact) mass is 378 g/mol. The predicted octanol–water partition coefficient (Wildman–Crippen LogP) is 1.63. The van der Waals surface area contributed by atoms with Crippen molar-refractivity contribution in [2.24, 2.45) is 5.73 Å². The summed E-state index contributed by atoms with van der Waals surface area (Å²) in [6.45, 7) is 2.30. The number of carboxylic acids is 1. The first kappa shape index (κ1) is 19.8. The number of aryl methyl sites for hydroxylation is 1. The zero-order valence-electron chi connectivity index (χ0n) is 14.4. The third kappa shape index (κ3) is 6.08. The minimum Gasteiger partial charge on any atom is -0.481 e. The number of carbonyl (C=O) groups is 3. The van der Waals surface area contributed by atoms with Gasteiger partial charge in [0.1, 0.15) is 0 Å². The molecule has 0 fully saturated rings. The van der Waals surface area contributed by atoms with Gasteiger partial charge in [0.25, 0.3) is 0 Å². The van der Waals surface area contributed by atoms with Crippen molar-refractivity contribution in [3.05, 3.63) is 23.8 Å². The minimum atomic E-state index is -0.991. The first-order chi connectivity index (χ1) is 12.3. The molecule has 2 amide bonds. The van der Waals surface area contributed by atoms with E-state index >= 15 is 0 Å². The van der Waals surface area contributed by atoms with Gasteiger partial charge in [0.2, 0.25) is 11.8 Å². The summed E-state index contributed by atoms with van der Waals surface area (Å²) in [5.41, 5.74) is 7.58. The van der Waals surface area contributed by atoms with Crippen LogP contribution in [0.15, 0.2) is 18.2 Å². The number of carboxylic acid groups (broad SMARTS) is 1. The molecule has 140 valence electrons. The maximum atomic E-state index is 12.0. The molecule has 1 aromatic carbocycles. The Bertz CT molecular complexity index is 805. The highest BCUT2D eigenvalue weighted by molar-refractivity contribution is 7.22. The van der Waals surface area contributed by atoms with E-state index in [1.807, 2.05) is 25.1 Å². The van der Waals surface area contributed by atoms with Crippen molar-refractivity contribution in [1.82, 2.24) is 10.3 Å². The minimum absolute atomic E-state index is 0.0821. The van der Waals surface area contributed by atoms with Crippen molar-refractivity contribution in [3.63, 3.8) is 0 Å². The van der Waals surface area contributed by atoms with Crippen LogP contribution in [-0.2, 0) is 14.4 Å². The lowest BCUT2D eigenvalue weighted by molar-refractivity contribution is -0.137. The quantitative estimate of drug-likeness (QED) is 0.490. The number of amides is 2. The summed E-state index contributed by atoms with van der Waals surface area (Å²) in [5.74, 6) is -1.58. The molecule has 0 aliphatic rings. The fraction of sp³-hybridized carbons (Fsp3) is 0.412. The van der Waals surface area contributed by atoms with Crippen LogP contribution in [-0.4, -0.2) is 40.5 Å². The summed E-state index contributed by atoms with van der Waals surface area (Å²) < 4.78 is 1.02. The lowest BCUT2D eigenvalue weighted by Gasteiger charge is -2.10. The zero-order chi connectivity index (χ0) is 19.1. The van der Waals surface area contributed by atoms with Crippen LogP contribution < -0.4 is 16.4 Å². The highest BCUT2D eigenvalue weighted by Crippen LogP contribution is 2.26. The number of fused-ring (bicyclic) bond motifs is 1. The number of anilines is 1. The molecule has 5 N–H and O–H groups in total. The molecule has 2 aromatic rings. The number of benzene rings is 1. The number of thiazole rings is 1. The second-order valence-electron chi connectivity index (χ2n) is 5.97. The van der Waals surface area contributed by atoms with E-state index in [4.69, 9.17) is 10.8 Å². The summed E-state index contributed by atoms with van der Waals surface area (Å²) in [4.78, 5) is 38.5. The number of nitrogens with one attached hydrogen (secondary N) is 2. The molecule has 0 saturated carbocycles. The second kappa shape index (κ2) is 9.25. The molecule has 0 unspecified atom stereocenters. The Morgan fingerprint density at radius 3 is 2.81 bits per heavy atom. The van der Waals surface area contributed by atoms with Gasteiger partial charge < -0.3 is 21.5 Å². The molecule has 1 heterocycles. The summed E-state index contributed by atoms with van der Waals surface area (Å²) in [6, 6.07) is 5.05. The fourth-order valence-corrected chi connectivity index (χ4v) is 3.25.